The number of rotatable bonds is 4. The normalized spacial score (nSPS) is 13.7. The van der Waals surface area contributed by atoms with E-state index in [-0.39, 0.29) is 11.3 Å². The Balaban J connectivity index is 0.000000254. The summed E-state index contributed by atoms with van der Waals surface area (Å²) < 4.78 is 16.0. The molecule has 1 N–H and O–H groups in total. The summed E-state index contributed by atoms with van der Waals surface area (Å²) in [5.74, 6) is 0.0889. The van der Waals surface area contributed by atoms with Crippen LogP contribution < -0.4 is 5.63 Å². The molecule has 0 atom stereocenters. The van der Waals surface area contributed by atoms with Gasteiger partial charge in [-0.15, -0.1) is 0 Å². The number of carbonyl (C=O) groups is 2. The molecule has 0 unspecified atom stereocenters. The lowest BCUT2D eigenvalue weighted by atomic mass is 9.87. The minimum absolute atomic E-state index is 0.204. The van der Waals surface area contributed by atoms with Gasteiger partial charge in [-0.1, -0.05) is 19.3 Å². The SMILES string of the molecule is COC(=O)c1c[nH]cn1.COC(=O)c1cn(-c2cc(C3CCCCC3)oc(=O)c2)cn1. The van der Waals surface area contributed by atoms with Gasteiger partial charge in [0.25, 0.3) is 0 Å². The van der Waals surface area contributed by atoms with E-state index in [4.69, 9.17) is 4.42 Å². The molecule has 3 aromatic rings. The zero-order valence-corrected chi connectivity index (χ0v) is 17.4. The Labute approximate surface area is 178 Å². The van der Waals surface area contributed by atoms with Crippen LogP contribution in [0.2, 0.25) is 0 Å². The third-order valence-corrected chi connectivity index (χ3v) is 4.95. The van der Waals surface area contributed by atoms with Gasteiger partial charge in [0.15, 0.2) is 11.4 Å². The second kappa shape index (κ2) is 10.4. The van der Waals surface area contributed by atoms with Crippen molar-refractivity contribution in [2.45, 2.75) is 38.0 Å². The number of carbonyl (C=O) groups excluding carboxylic acids is 2. The predicted octanol–water partition coefficient (Wildman–Crippen LogP) is 2.86. The fourth-order valence-corrected chi connectivity index (χ4v) is 3.37. The maximum atomic E-state index is 11.8. The first-order valence-corrected chi connectivity index (χ1v) is 9.86. The fourth-order valence-electron chi connectivity index (χ4n) is 3.37. The van der Waals surface area contributed by atoms with E-state index in [1.54, 1.807) is 10.8 Å². The molecule has 4 rings (SSSR count). The van der Waals surface area contributed by atoms with Gasteiger partial charge < -0.3 is 23.4 Å². The molecule has 1 fully saturated rings. The molecule has 164 valence electrons. The van der Waals surface area contributed by atoms with Gasteiger partial charge >= 0.3 is 17.6 Å². The largest absolute Gasteiger partial charge is 0.464 e. The number of hydrogen-bond donors (Lipinski definition) is 1. The van der Waals surface area contributed by atoms with E-state index in [0.717, 1.165) is 31.4 Å². The van der Waals surface area contributed by atoms with Gasteiger partial charge in [0.2, 0.25) is 0 Å². The van der Waals surface area contributed by atoms with Crippen molar-refractivity contribution >= 4 is 11.9 Å². The van der Waals surface area contributed by atoms with Crippen molar-refractivity contribution in [2.75, 3.05) is 14.2 Å². The molecule has 0 spiro atoms. The number of nitrogens with one attached hydrogen (secondary N) is 1. The lowest BCUT2D eigenvalue weighted by Crippen LogP contribution is -2.10. The van der Waals surface area contributed by atoms with Crippen LogP contribution in [-0.2, 0) is 9.47 Å². The van der Waals surface area contributed by atoms with Crippen LogP contribution in [0.3, 0.4) is 0 Å². The summed E-state index contributed by atoms with van der Waals surface area (Å²) in [5, 5.41) is 0. The summed E-state index contributed by atoms with van der Waals surface area (Å²) >= 11 is 0. The Morgan fingerprint density at radius 1 is 1.06 bits per heavy atom. The first kappa shape index (κ1) is 22.0. The Hall–Kier alpha value is -3.69. The molecule has 10 nitrogen and oxygen atoms in total. The van der Waals surface area contributed by atoms with E-state index in [9.17, 15) is 14.4 Å². The summed E-state index contributed by atoms with van der Waals surface area (Å²) in [6.45, 7) is 0. The number of H-pyrrole nitrogens is 1. The number of nitrogens with zero attached hydrogens (tertiary/aromatic N) is 3. The van der Waals surface area contributed by atoms with Crippen LogP contribution in [0.15, 0.2) is 46.4 Å². The van der Waals surface area contributed by atoms with Gasteiger partial charge in [-0.3, -0.25) is 0 Å². The molecule has 31 heavy (non-hydrogen) atoms. The van der Waals surface area contributed by atoms with Gasteiger partial charge in [0.05, 0.1) is 26.2 Å². The lowest BCUT2D eigenvalue weighted by Gasteiger charge is -2.20. The molecule has 0 saturated heterocycles. The van der Waals surface area contributed by atoms with Crippen LogP contribution in [0.5, 0.6) is 0 Å². The minimum atomic E-state index is -0.505. The van der Waals surface area contributed by atoms with Crippen LogP contribution in [-0.4, -0.2) is 45.7 Å². The average molecular weight is 428 g/mol. The van der Waals surface area contributed by atoms with Crippen molar-refractivity contribution in [3.05, 3.63) is 64.7 Å². The molecule has 1 aliphatic rings. The highest BCUT2D eigenvalue weighted by Crippen LogP contribution is 2.32. The number of imidazole rings is 2. The van der Waals surface area contributed by atoms with Gasteiger partial charge in [-0.05, 0) is 12.8 Å². The average Bonchev–Trinajstić information content (AvgIpc) is 3.51. The van der Waals surface area contributed by atoms with Crippen molar-refractivity contribution < 1.29 is 23.5 Å². The second-order valence-corrected chi connectivity index (χ2v) is 6.98. The Kier molecular flexibility index (Phi) is 7.36. The number of aromatic amines is 1. The number of esters is 2. The van der Waals surface area contributed by atoms with Crippen LogP contribution >= 0.6 is 0 Å². The molecule has 0 radical (unpaired) electrons. The highest BCUT2D eigenvalue weighted by molar-refractivity contribution is 5.87. The molecule has 0 amide bonds. The van der Waals surface area contributed by atoms with E-state index in [1.807, 2.05) is 6.07 Å². The molecule has 3 aromatic heterocycles. The number of ether oxygens (including phenoxy) is 2. The molecule has 0 aliphatic heterocycles. The first-order valence-electron chi connectivity index (χ1n) is 9.86. The Morgan fingerprint density at radius 2 is 1.77 bits per heavy atom. The Morgan fingerprint density at radius 3 is 2.42 bits per heavy atom. The summed E-state index contributed by atoms with van der Waals surface area (Å²) in [6, 6.07) is 3.26. The van der Waals surface area contributed by atoms with E-state index in [1.165, 1.54) is 45.6 Å². The third kappa shape index (κ3) is 5.68. The molecule has 10 heteroatoms. The summed E-state index contributed by atoms with van der Waals surface area (Å²) in [5.41, 5.74) is 0.776. The van der Waals surface area contributed by atoms with Crippen LogP contribution in [0, 0.1) is 0 Å². The molecule has 0 bridgehead atoms. The third-order valence-electron chi connectivity index (χ3n) is 4.95. The monoisotopic (exact) mass is 428 g/mol. The summed E-state index contributed by atoms with van der Waals surface area (Å²) in [4.78, 5) is 44.1. The highest BCUT2D eigenvalue weighted by atomic mass is 16.5. The smallest absolute Gasteiger partial charge is 0.358 e. The molecule has 1 saturated carbocycles. The van der Waals surface area contributed by atoms with Gasteiger partial charge in [0, 0.05) is 30.4 Å². The zero-order chi connectivity index (χ0) is 22.2. The van der Waals surface area contributed by atoms with Crippen LogP contribution in [0.1, 0.15) is 64.8 Å². The highest BCUT2D eigenvalue weighted by Gasteiger charge is 2.19. The van der Waals surface area contributed by atoms with E-state index >= 15 is 0 Å². The van der Waals surface area contributed by atoms with Crippen molar-refractivity contribution in [2.24, 2.45) is 0 Å². The van der Waals surface area contributed by atoms with E-state index in [0.29, 0.717) is 17.3 Å². The second-order valence-electron chi connectivity index (χ2n) is 6.98. The van der Waals surface area contributed by atoms with Gasteiger partial charge in [-0.25, -0.2) is 24.4 Å². The van der Waals surface area contributed by atoms with Crippen molar-refractivity contribution in [1.82, 2.24) is 19.5 Å². The lowest BCUT2D eigenvalue weighted by molar-refractivity contribution is 0.0586. The zero-order valence-electron chi connectivity index (χ0n) is 17.4. The van der Waals surface area contributed by atoms with Crippen molar-refractivity contribution in [3.8, 4) is 5.69 Å². The molecule has 1 aliphatic carbocycles. The summed E-state index contributed by atoms with van der Waals surface area (Å²) in [7, 11) is 2.62. The van der Waals surface area contributed by atoms with E-state index in [2.05, 4.69) is 24.4 Å². The summed E-state index contributed by atoms with van der Waals surface area (Å²) in [6.07, 6.45) is 11.6. The van der Waals surface area contributed by atoms with Crippen molar-refractivity contribution in [3.63, 3.8) is 0 Å². The first-order chi connectivity index (χ1) is 15.0. The molecule has 3 heterocycles. The predicted molar refractivity (Wildman–Crippen MR) is 109 cm³/mol. The topological polar surface area (TPSA) is 129 Å². The van der Waals surface area contributed by atoms with Crippen LogP contribution in [0.25, 0.3) is 5.69 Å². The maximum Gasteiger partial charge on any atom is 0.358 e. The van der Waals surface area contributed by atoms with Gasteiger partial charge in [0.1, 0.15) is 12.1 Å². The minimum Gasteiger partial charge on any atom is -0.464 e. The number of methoxy groups -OCH3 is 2. The van der Waals surface area contributed by atoms with Crippen molar-refractivity contribution in [1.29, 1.82) is 0 Å². The molecule has 0 aromatic carbocycles. The quantitative estimate of drug-likeness (QED) is 0.628. The van der Waals surface area contributed by atoms with Gasteiger partial charge in [-0.2, -0.15) is 0 Å². The Bertz CT molecular complexity index is 1060. The molecular weight excluding hydrogens is 404 g/mol. The number of hydrogen-bond acceptors (Lipinski definition) is 8. The fraction of sp³-hybridized carbons (Fsp3) is 0.381. The number of aromatic nitrogens is 4. The van der Waals surface area contributed by atoms with Crippen LogP contribution in [0.4, 0.5) is 0 Å². The maximum absolute atomic E-state index is 11.8. The van der Waals surface area contributed by atoms with E-state index < -0.39 is 11.9 Å². The molecular formula is C21H24N4O6. The standard InChI is InChI=1S/C16H18N2O4.C5H6N2O2/c1-21-16(20)13-9-18(10-17-13)12-7-14(22-15(19)8-12)11-5-3-2-4-6-11;1-9-5(8)4-2-6-3-7-4/h7-11H,2-6H2,1H3;2-3H,1H3,(H,6,7).